The lowest BCUT2D eigenvalue weighted by atomic mass is 9.89. The Balaban J connectivity index is 2.02. The van der Waals surface area contributed by atoms with Crippen LogP contribution in [0.15, 0.2) is 18.2 Å². The van der Waals surface area contributed by atoms with Gasteiger partial charge >= 0.3 is 5.97 Å². The first-order chi connectivity index (χ1) is 8.10. The van der Waals surface area contributed by atoms with Gasteiger partial charge < -0.3 is 15.2 Å². The summed E-state index contributed by atoms with van der Waals surface area (Å²) in [6.45, 7) is 0. The minimum Gasteiger partial charge on any atom is -0.478 e. The second-order valence-electron chi connectivity index (χ2n) is 4.17. The molecular weight excluding hydrogens is 225 g/mol. The third kappa shape index (κ3) is 2.55. The van der Waals surface area contributed by atoms with Gasteiger partial charge in [-0.3, -0.25) is 0 Å². The van der Waals surface area contributed by atoms with Crippen LogP contribution in [0.1, 0.15) is 23.2 Å². The van der Waals surface area contributed by atoms with Crippen LogP contribution in [0.4, 0.5) is 10.1 Å². The zero-order valence-corrected chi connectivity index (χ0v) is 9.44. The number of hydrogen-bond donors (Lipinski definition) is 2. The van der Waals surface area contributed by atoms with Gasteiger partial charge in [-0.2, -0.15) is 0 Å². The molecule has 92 valence electrons. The molecule has 0 radical (unpaired) electrons. The molecule has 1 aliphatic rings. The number of hydrogen-bond acceptors (Lipinski definition) is 3. The van der Waals surface area contributed by atoms with Gasteiger partial charge in [0.25, 0.3) is 0 Å². The van der Waals surface area contributed by atoms with Crippen molar-refractivity contribution in [3.05, 3.63) is 29.6 Å². The van der Waals surface area contributed by atoms with Gasteiger partial charge in [0.15, 0.2) is 0 Å². The minimum absolute atomic E-state index is 0.270. The number of nitrogens with one attached hydrogen (secondary N) is 1. The summed E-state index contributed by atoms with van der Waals surface area (Å²) in [5, 5.41) is 11.9. The van der Waals surface area contributed by atoms with Gasteiger partial charge in [0.2, 0.25) is 0 Å². The summed E-state index contributed by atoms with van der Waals surface area (Å²) in [5.41, 5.74) is 0.320. The molecule has 0 heterocycles. The summed E-state index contributed by atoms with van der Waals surface area (Å²) >= 11 is 0. The average molecular weight is 239 g/mol. The smallest absolute Gasteiger partial charge is 0.338 e. The zero-order valence-electron chi connectivity index (χ0n) is 9.44. The topological polar surface area (TPSA) is 58.6 Å². The van der Waals surface area contributed by atoms with E-state index in [1.807, 2.05) is 0 Å². The van der Waals surface area contributed by atoms with E-state index in [0.717, 1.165) is 18.9 Å². The molecular formula is C12H14FNO3. The maximum absolute atomic E-state index is 13.1. The monoisotopic (exact) mass is 239 g/mol. The number of carboxylic acid groups (broad SMARTS) is 1. The highest BCUT2D eigenvalue weighted by Crippen LogP contribution is 2.27. The van der Waals surface area contributed by atoms with E-state index < -0.39 is 11.8 Å². The Labute approximate surface area is 98.4 Å². The number of aromatic carboxylic acids is 1. The molecule has 0 bridgehead atoms. The van der Waals surface area contributed by atoms with Crippen molar-refractivity contribution in [1.82, 2.24) is 0 Å². The fraction of sp³-hybridized carbons (Fsp3) is 0.417. The Bertz CT molecular complexity index is 430. The van der Waals surface area contributed by atoms with Gasteiger partial charge in [-0.05, 0) is 31.0 Å². The number of ether oxygens (including phenoxy) is 1. The molecule has 1 aromatic rings. The molecule has 1 aromatic carbocycles. The van der Waals surface area contributed by atoms with Gasteiger partial charge in [-0.25, -0.2) is 9.18 Å². The molecule has 2 N–H and O–H groups in total. The van der Waals surface area contributed by atoms with Crippen molar-refractivity contribution in [1.29, 1.82) is 0 Å². The van der Waals surface area contributed by atoms with Crippen molar-refractivity contribution < 1.29 is 19.0 Å². The number of anilines is 1. The third-order valence-electron chi connectivity index (χ3n) is 3.00. The lowest BCUT2D eigenvalue weighted by molar-refractivity contribution is 0.0328. The second kappa shape index (κ2) is 4.71. The molecule has 1 saturated carbocycles. The summed E-state index contributed by atoms with van der Waals surface area (Å²) in [7, 11) is 1.67. The van der Waals surface area contributed by atoms with Crippen LogP contribution in [-0.2, 0) is 4.74 Å². The number of rotatable bonds is 4. The molecule has 0 unspecified atom stereocenters. The van der Waals surface area contributed by atoms with Crippen LogP contribution < -0.4 is 5.32 Å². The normalized spacial score (nSPS) is 22.9. The second-order valence-corrected chi connectivity index (χ2v) is 4.17. The van der Waals surface area contributed by atoms with E-state index in [0.29, 0.717) is 5.69 Å². The minimum atomic E-state index is -1.26. The van der Waals surface area contributed by atoms with E-state index >= 15 is 0 Å². The van der Waals surface area contributed by atoms with E-state index in [2.05, 4.69) is 5.32 Å². The molecule has 5 heteroatoms. The number of benzene rings is 1. The van der Waals surface area contributed by atoms with Crippen molar-refractivity contribution in [2.24, 2.45) is 0 Å². The van der Waals surface area contributed by atoms with Crippen LogP contribution in [0.3, 0.4) is 0 Å². The van der Waals surface area contributed by atoms with Crippen molar-refractivity contribution in [3.63, 3.8) is 0 Å². The van der Waals surface area contributed by atoms with E-state index in [-0.39, 0.29) is 17.7 Å². The molecule has 0 aromatic heterocycles. The summed E-state index contributed by atoms with van der Waals surface area (Å²) < 4.78 is 18.3. The Kier molecular flexibility index (Phi) is 3.28. The van der Waals surface area contributed by atoms with E-state index in [1.54, 1.807) is 13.2 Å². The SMILES string of the molecule is COC1CC(Nc2ccc(F)c(C(=O)O)c2)C1. The van der Waals surface area contributed by atoms with Crippen LogP contribution in [0.2, 0.25) is 0 Å². The van der Waals surface area contributed by atoms with Crippen LogP contribution >= 0.6 is 0 Å². The molecule has 0 spiro atoms. The maximum Gasteiger partial charge on any atom is 0.338 e. The van der Waals surface area contributed by atoms with Crippen LogP contribution in [-0.4, -0.2) is 30.3 Å². The van der Waals surface area contributed by atoms with Crippen LogP contribution in [0.25, 0.3) is 0 Å². The van der Waals surface area contributed by atoms with E-state index in [9.17, 15) is 9.18 Å². The van der Waals surface area contributed by atoms with Crippen molar-refractivity contribution in [2.45, 2.75) is 25.0 Å². The molecule has 1 aliphatic carbocycles. The fourth-order valence-corrected chi connectivity index (χ4v) is 1.89. The average Bonchev–Trinajstić information content (AvgIpc) is 2.24. The Morgan fingerprint density at radius 3 is 2.82 bits per heavy atom. The number of carbonyl (C=O) groups is 1. The third-order valence-corrected chi connectivity index (χ3v) is 3.00. The van der Waals surface area contributed by atoms with Crippen molar-refractivity contribution >= 4 is 11.7 Å². The number of carboxylic acids is 1. The van der Waals surface area contributed by atoms with Gasteiger partial charge in [0, 0.05) is 18.8 Å². The molecule has 0 saturated heterocycles. The Morgan fingerprint density at radius 1 is 1.53 bits per heavy atom. The molecule has 0 amide bonds. The van der Waals surface area contributed by atoms with Crippen molar-refractivity contribution in [3.8, 4) is 0 Å². The lowest BCUT2D eigenvalue weighted by Crippen LogP contribution is -2.40. The molecule has 1 fully saturated rings. The zero-order chi connectivity index (χ0) is 12.4. The highest BCUT2D eigenvalue weighted by atomic mass is 19.1. The maximum atomic E-state index is 13.1. The lowest BCUT2D eigenvalue weighted by Gasteiger charge is -2.35. The Morgan fingerprint density at radius 2 is 2.24 bits per heavy atom. The summed E-state index contributed by atoms with van der Waals surface area (Å²) in [5.74, 6) is -1.97. The highest BCUT2D eigenvalue weighted by molar-refractivity contribution is 5.89. The summed E-state index contributed by atoms with van der Waals surface area (Å²) in [6, 6.07) is 4.30. The largest absolute Gasteiger partial charge is 0.478 e. The molecule has 0 aliphatic heterocycles. The summed E-state index contributed by atoms with van der Waals surface area (Å²) in [4.78, 5) is 10.8. The fourth-order valence-electron chi connectivity index (χ4n) is 1.89. The van der Waals surface area contributed by atoms with Gasteiger partial charge in [-0.1, -0.05) is 0 Å². The molecule has 4 nitrogen and oxygen atoms in total. The van der Waals surface area contributed by atoms with E-state index in [4.69, 9.17) is 9.84 Å². The molecule has 17 heavy (non-hydrogen) atoms. The molecule has 2 rings (SSSR count). The van der Waals surface area contributed by atoms with E-state index in [1.165, 1.54) is 6.07 Å². The van der Waals surface area contributed by atoms with Gasteiger partial charge in [0.1, 0.15) is 5.82 Å². The Hall–Kier alpha value is -1.62. The van der Waals surface area contributed by atoms with Crippen molar-refractivity contribution in [2.75, 3.05) is 12.4 Å². The standard InChI is InChI=1S/C12H14FNO3/c1-17-9-4-8(5-9)14-7-2-3-11(13)10(6-7)12(15)16/h2-3,6,8-9,14H,4-5H2,1H3,(H,15,16). The predicted octanol–water partition coefficient (Wildman–Crippen LogP) is 2.11. The highest BCUT2D eigenvalue weighted by Gasteiger charge is 2.28. The van der Waals surface area contributed by atoms with Gasteiger partial charge in [-0.15, -0.1) is 0 Å². The predicted molar refractivity (Wildman–Crippen MR) is 60.8 cm³/mol. The van der Waals surface area contributed by atoms with Crippen LogP contribution in [0, 0.1) is 5.82 Å². The number of methoxy groups -OCH3 is 1. The van der Waals surface area contributed by atoms with Crippen LogP contribution in [0.5, 0.6) is 0 Å². The quantitative estimate of drug-likeness (QED) is 0.844. The summed E-state index contributed by atoms with van der Waals surface area (Å²) in [6.07, 6.45) is 2.04. The molecule has 0 atom stereocenters. The number of halogens is 1. The first-order valence-electron chi connectivity index (χ1n) is 5.42. The first kappa shape index (κ1) is 11.9. The first-order valence-corrected chi connectivity index (χ1v) is 5.42. The van der Waals surface area contributed by atoms with Gasteiger partial charge in [0.05, 0.1) is 11.7 Å².